The number of rotatable bonds is 5. The number of piperazine rings is 1. The zero-order valence-corrected chi connectivity index (χ0v) is 17.2. The first-order valence-electron chi connectivity index (χ1n) is 10.4. The van der Waals surface area contributed by atoms with E-state index in [4.69, 9.17) is 0 Å². The van der Waals surface area contributed by atoms with E-state index in [-0.39, 0.29) is 35.7 Å². The van der Waals surface area contributed by atoms with E-state index in [0.717, 1.165) is 11.1 Å². The number of hydrogen-bond acceptors (Lipinski definition) is 4. The van der Waals surface area contributed by atoms with E-state index in [9.17, 15) is 19.5 Å². The molecule has 2 heterocycles. The number of hydrogen-bond donors (Lipinski definition) is 4. The molecule has 0 unspecified atom stereocenters. The van der Waals surface area contributed by atoms with E-state index in [0.29, 0.717) is 19.4 Å². The van der Waals surface area contributed by atoms with Crippen molar-refractivity contribution in [3.8, 4) is 5.75 Å². The number of urea groups is 1. The van der Waals surface area contributed by atoms with Gasteiger partial charge in [0.05, 0.1) is 12.1 Å². The Balaban J connectivity index is 1.35. The van der Waals surface area contributed by atoms with Gasteiger partial charge >= 0.3 is 6.03 Å². The van der Waals surface area contributed by atoms with Crippen LogP contribution in [0.5, 0.6) is 5.75 Å². The van der Waals surface area contributed by atoms with Gasteiger partial charge in [0.25, 0.3) is 0 Å². The molecule has 162 valence electrons. The van der Waals surface area contributed by atoms with Crippen molar-refractivity contribution in [2.75, 3.05) is 6.54 Å². The van der Waals surface area contributed by atoms with Gasteiger partial charge in [-0.25, -0.2) is 4.79 Å². The van der Waals surface area contributed by atoms with Gasteiger partial charge in [0.15, 0.2) is 0 Å². The van der Waals surface area contributed by atoms with E-state index in [1.165, 1.54) is 0 Å². The number of carbonyl (C=O) groups excluding carboxylic acids is 3. The molecule has 4 amide bonds. The Bertz CT molecular complexity index is 963. The first-order chi connectivity index (χ1) is 14.9. The van der Waals surface area contributed by atoms with E-state index in [1.807, 2.05) is 37.3 Å². The molecule has 0 aliphatic carbocycles. The Morgan fingerprint density at radius 3 is 2.58 bits per heavy atom. The Morgan fingerprint density at radius 1 is 1.16 bits per heavy atom. The number of phenols is 1. The first kappa shape index (κ1) is 20.7. The van der Waals surface area contributed by atoms with Gasteiger partial charge in [-0.3, -0.25) is 9.59 Å². The Hall–Kier alpha value is -3.55. The average molecular weight is 422 g/mol. The number of nitrogens with zero attached hydrogens (tertiary/aromatic N) is 1. The second-order valence-corrected chi connectivity index (χ2v) is 8.12. The third kappa shape index (κ3) is 4.63. The van der Waals surface area contributed by atoms with Crippen molar-refractivity contribution in [3.63, 3.8) is 0 Å². The molecule has 4 rings (SSSR count). The number of benzene rings is 2. The van der Waals surface area contributed by atoms with Crippen molar-refractivity contribution in [2.24, 2.45) is 0 Å². The molecule has 2 aliphatic heterocycles. The minimum atomic E-state index is -0.654. The fourth-order valence-corrected chi connectivity index (χ4v) is 4.22. The summed E-state index contributed by atoms with van der Waals surface area (Å²) in [4.78, 5) is 39.6. The highest BCUT2D eigenvalue weighted by Crippen LogP contribution is 2.24. The van der Waals surface area contributed by atoms with Crippen LogP contribution in [0.2, 0.25) is 0 Å². The number of nitrogens with one attached hydrogen (secondary N) is 3. The molecule has 0 radical (unpaired) electrons. The maximum absolute atomic E-state index is 13.0. The fourth-order valence-electron chi connectivity index (χ4n) is 4.22. The molecule has 2 saturated heterocycles. The molecule has 0 spiro atoms. The summed E-state index contributed by atoms with van der Waals surface area (Å²) in [6.07, 6.45) is 0.734. The molecule has 8 nitrogen and oxygen atoms in total. The summed E-state index contributed by atoms with van der Waals surface area (Å²) in [5.74, 6) is -0.207. The largest absolute Gasteiger partial charge is 0.508 e. The predicted molar refractivity (Wildman–Crippen MR) is 114 cm³/mol. The number of fused-ring (bicyclic) bond motifs is 1. The summed E-state index contributed by atoms with van der Waals surface area (Å²) in [7, 11) is 0. The van der Waals surface area contributed by atoms with Gasteiger partial charge in [0.1, 0.15) is 17.8 Å². The summed E-state index contributed by atoms with van der Waals surface area (Å²) in [6.45, 7) is 2.20. The van der Waals surface area contributed by atoms with Crippen molar-refractivity contribution in [1.29, 1.82) is 0 Å². The highest BCUT2D eigenvalue weighted by Gasteiger charge is 2.46. The minimum absolute atomic E-state index is 0.149. The topological polar surface area (TPSA) is 111 Å². The first-order valence-corrected chi connectivity index (χ1v) is 10.4. The molecule has 0 bridgehead atoms. The maximum atomic E-state index is 13.0. The third-order valence-corrected chi connectivity index (χ3v) is 5.86. The highest BCUT2D eigenvalue weighted by atomic mass is 16.3. The van der Waals surface area contributed by atoms with Crippen molar-refractivity contribution in [2.45, 2.75) is 43.9 Å². The second kappa shape index (κ2) is 8.67. The smallest absolute Gasteiger partial charge is 0.315 e. The van der Waals surface area contributed by atoms with Gasteiger partial charge in [-0.1, -0.05) is 42.5 Å². The van der Waals surface area contributed by atoms with Gasteiger partial charge in [0.2, 0.25) is 11.8 Å². The number of carbonyl (C=O) groups is 3. The molecule has 8 heteroatoms. The summed E-state index contributed by atoms with van der Waals surface area (Å²) < 4.78 is 0. The van der Waals surface area contributed by atoms with Crippen LogP contribution >= 0.6 is 0 Å². The molecule has 4 atom stereocenters. The van der Waals surface area contributed by atoms with Crippen LogP contribution in [-0.2, 0) is 16.0 Å². The van der Waals surface area contributed by atoms with Gasteiger partial charge in [-0.2, -0.15) is 0 Å². The lowest BCUT2D eigenvalue weighted by Crippen LogP contribution is -2.61. The van der Waals surface area contributed by atoms with Crippen molar-refractivity contribution >= 4 is 17.8 Å². The molecule has 2 aliphatic rings. The van der Waals surface area contributed by atoms with Crippen molar-refractivity contribution in [1.82, 2.24) is 20.9 Å². The second-order valence-electron chi connectivity index (χ2n) is 8.12. The fraction of sp³-hybridized carbons (Fsp3) is 0.348. The maximum Gasteiger partial charge on any atom is 0.315 e. The molecule has 2 aromatic rings. The number of aromatic hydroxyl groups is 1. The van der Waals surface area contributed by atoms with Crippen LogP contribution in [0.3, 0.4) is 0 Å². The summed E-state index contributed by atoms with van der Waals surface area (Å²) >= 11 is 0. The molecule has 0 saturated carbocycles. The van der Waals surface area contributed by atoms with Crippen molar-refractivity contribution < 1.29 is 19.5 Å². The van der Waals surface area contributed by atoms with Crippen LogP contribution < -0.4 is 16.0 Å². The Morgan fingerprint density at radius 2 is 1.87 bits per heavy atom. The van der Waals surface area contributed by atoms with Crippen LogP contribution in [0.4, 0.5) is 4.79 Å². The molecule has 2 aromatic carbocycles. The molecular formula is C23H26N4O4. The zero-order chi connectivity index (χ0) is 22.0. The lowest BCUT2D eigenvalue weighted by atomic mass is 10.0. The lowest BCUT2D eigenvalue weighted by molar-refractivity contribution is -0.147. The van der Waals surface area contributed by atoms with Crippen molar-refractivity contribution in [3.05, 3.63) is 65.7 Å². The number of phenolic OH excluding ortho intramolecular Hbond substituents is 1. The summed E-state index contributed by atoms with van der Waals surface area (Å²) in [5, 5.41) is 18.0. The summed E-state index contributed by atoms with van der Waals surface area (Å²) in [5.41, 5.74) is 1.84. The van der Waals surface area contributed by atoms with Crippen LogP contribution in [0.1, 0.15) is 30.5 Å². The molecular weight excluding hydrogens is 396 g/mol. The Labute approximate surface area is 180 Å². The molecule has 0 aromatic heterocycles. The normalized spacial score (nSPS) is 23.6. The summed E-state index contributed by atoms with van der Waals surface area (Å²) in [6, 6.07) is 14.2. The zero-order valence-electron chi connectivity index (χ0n) is 17.2. The van der Waals surface area contributed by atoms with E-state index in [2.05, 4.69) is 16.0 Å². The van der Waals surface area contributed by atoms with Gasteiger partial charge in [-0.15, -0.1) is 0 Å². The highest BCUT2D eigenvalue weighted by molar-refractivity contribution is 5.97. The van der Waals surface area contributed by atoms with E-state index in [1.54, 1.807) is 29.2 Å². The SMILES string of the molecule is C[C@@H](NC(=O)N[C@H]1C[C@H]2C(=O)N[C@H](Cc3ccc(O)cc3)C(=O)N2C1)c1ccccc1. The predicted octanol–water partition coefficient (Wildman–Crippen LogP) is 1.46. The van der Waals surface area contributed by atoms with Crippen LogP contribution in [-0.4, -0.2) is 52.5 Å². The van der Waals surface area contributed by atoms with Gasteiger partial charge in [-0.05, 0) is 36.6 Å². The van der Waals surface area contributed by atoms with E-state index < -0.39 is 12.1 Å². The molecule has 4 N–H and O–H groups in total. The quantitative estimate of drug-likeness (QED) is 0.585. The lowest BCUT2D eigenvalue weighted by Gasteiger charge is -2.34. The molecule has 31 heavy (non-hydrogen) atoms. The van der Waals surface area contributed by atoms with Crippen LogP contribution in [0, 0.1) is 0 Å². The molecule has 2 fully saturated rings. The monoisotopic (exact) mass is 422 g/mol. The third-order valence-electron chi connectivity index (χ3n) is 5.86. The average Bonchev–Trinajstić information content (AvgIpc) is 3.18. The number of amides is 4. The van der Waals surface area contributed by atoms with Crippen LogP contribution in [0.25, 0.3) is 0 Å². The standard InChI is InChI=1S/C23H26N4O4/c1-14(16-5-3-2-4-6-16)24-23(31)25-17-12-20-21(29)26-19(22(30)27(20)13-17)11-15-7-9-18(28)10-8-15/h2-10,14,17,19-20,28H,11-13H2,1H3,(H,26,29)(H2,24,25,31)/t14-,17+,19-,20+/m1/s1. The Kier molecular flexibility index (Phi) is 5.79. The van der Waals surface area contributed by atoms with E-state index >= 15 is 0 Å². The van der Waals surface area contributed by atoms with Gasteiger partial charge < -0.3 is 26.0 Å². The minimum Gasteiger partial charge on any atom is -0.508 e. The van der Waals surface area contributed by atoms with Crippen LogP contribution in [0.15, 0.2) is 54.6 Å². The van der Waals surface area contributed by atoms with Gasteiger partial charge in [0, 0.05) is 13.0 Å².